The molecule has 0 amide bonds. The lowest BCUT2D eigenvalue weighted by molar-refractivity contribution is 0.624. The van der Waals surface area contributed by atoms with Crippen molar-refractivity contribution in [2.75, 3.05) is 5.32 Å². The molecule has 0 saturated heterocycles. The van der Waals surface area contributed by atoms with Crippen LogP contribution < -0.4 is 10.6 Å². The number of hydrogen-bond acceptors (Lipinski definition) is 3. The molecule has 4 rings (SSSR count). The average molecular weight is 455 g/mol. The van der Waals surface area contributed by atoms with E-state index in [-0.39, 0.29) is 30.6 Å². The molecular formula is C22H23Cl3FN3. The summed E-state index contributed by atoms with van der Waals surface area (Å²) in [6.45, 7) is 1.44. The monoisotopic (exact) mass is 453 g/mol. The van der Waals surface area contributed by atoms with E-state index in [1.807, 2.05) is 30.5 Å². The maximum atomic E-state index is 13.0. The van der Waals surface area contributed by atoms with Crippen LogP contribution in [0.3, 0.4) is 0 Å². The minimum atomic E-state index is -0.207. The Balaban J connectivity index is 0.00000150. The predicted molar refractivity (Wildman–Crippen MR) is 122 cm³/mol. The van der Waals surface area contributed by atoms with E-state index in [1.165, 1.54) is 36.1 Å². The van der Waals surface area contributed by atoms with Crippen LogP contribution in [0.25, 0.3) is 0 Å². The van der Waals surface area contributed by atoms with Gasteiger partial charge >= 0.3 is 0 Å². The summed E-state index contributed by atoms with van der Waals surface area (Å²) >= 11 is 6.05. The third-order valence-corrected chi connectivity index (χ3v) is 4.93. The maximum absolute atomic E-state index is 13.0. The van der Waals surface area contributed by atoms with Gasteiger partial charge in [-0.1, -0.05) is 29.8 Å². The number of aromatic nitrogens is 1. The van der Waals surface area contributed by atoms with E-state index in [1.54, 1.807) is 12.1 Å². The van der Waals surface area contributed by atoms with Crippen molar-refractivity contribution in [3.63, 3.8) is 0 Å². The molecule has 1 saturated carbocycles. The van der Waals surface area contributed by atoms with Crippen LogP contribution in [-0.4, -0.2) is 4.98 Å². The lowest BCUT2D eigenvalue weighted by atomic mass is 10.1. The number of nitrogens with one attached hydrogen (secondary N) is 2. The van der Waals surface area contributed by atoms with Crippen LogP contribution in [0.4, 0.5) is 15.9 Å². The van der Waals surface area contributed by atoms with E-state index >= 15 is 0 Å². The molecule has 3 nitrogen and oxygen atoms in total. The second kappa shape index (κ2) is 10.8. The molecule has 1 aromatic heterocycles. The molecule has 2 N–H and O–H groups in total. The van der Waals surface area contributed by atoms with Crippen molar-refractivity contribution < 1.29 is 4.39 Å². The van der Waals surface area contributed by atoms with Crippen LogP contribution in [0.2, 0.25) is 5.02 Å². The topological polar surface area (TPSA) is 37.0 Å². The fourth-order valence-corrected chi connectivity index (χ4v) is 3.34. The second-order valence-electron chi connectivity index (χ2n) is 6.91. The molecule has 29 heavy (non-hydrogen) atoms. The Hall–Kier alpha value is -1.85. The molecule has 2 aromatic carbocycles. The highest BCUT2D eigenvalue weighted by Gasteiger charge is 2.26. The minimum Gasteiger partial charge on any atom is -0.340 e. The third kappa shape index (κ3) is 6.58. The molecule has 154 valence electrons. The van der Waals surface area contributed by atoms with Crippen LogP contribution in [0.5, 0.6) is 0 Å². The highest BCUT2D eigenvalue weighted by Crippen LogP contribution is 2.42. The van der Waals surface area contributed by atoms with E-state index in [0.717, 1.165) is 23.6 Å². The molecule has 0 aliphatic heterocycles. The first kappa shape index (κ1) is 23.4. The summed E-state index contributed by atoms with van der Waals surface area (Å²) in [4.78, 5) is 4.57. The summed E-state index contributed by atoms with van der Waals surface area (Å²) in [5.74, 6) is 1.25. The Kier molecular flexibility index (Phi) is 8.72. The average Bonchev–Trinajstić information content (AvgIpc) is 3.49. The van der Waals surface area contributed by atoms with Crippen molar-refractivity contribution in [1.82, 2.24) is 10.3 Å². The van der Waals surface area contributed by atoms with Gasteiger partial charge in [0.1, 0.15) is 11.6 Å². The van der Waals surface area contributed by atoms with Crippen LogP contribution >= 0.6 is 36.4 Å². The summed E-state index contributed by atoms with van der Waals surface area (Å²) in [7, 11) is 0. The van der Waals surface area contributed by atoms with E-state index in [4.69, 9.17) is 11.6 Å². The minimum absolute atomic E-state index is 0. The Morgan fingerprint density at radius 3 is 2.45 bits per heavy atom. The SMILES string of the molecule is Cl.Cl.Fc1ccc(CNCc2cnc(Nc3cccc(Cl)c3)cc2C2CC2)cc1. The lowest BCUT2D eigenvalue weighted by Crippen LogP contribution is -2.14. The highest BCUT2D eigenvalue weighted by molar-refractivity contribution is 6.30. The van der Waals surface area contributed by atoms with Gasteiger partial charge in [-0.2, -0.15) is 0 Å². The molecule has 3 aromatic rings. The number of hydrogen-bond donors (Lipinski definition) is 2. The number of halogens is 4. The quantitative estimate of drug-likeness (QED) is 0.421. The van der Waals surface area contributed by atoms with Gasteiger partial charge in [0.25, 0.3) is 0 Å². The van der Waals surface area contributed by atoms with Gasteiger partial charge in [-0.25, -0.2) is 9.37 Å². The van der Waals surface area contributed by atoms with Crippen molar-refractivity contribution in [1.29, 1.82) is 0 Å². The molecule has 0 bridgehead atoms. The molecule has 0 atom stereocenters. The molecule has 0 spiro atoms. The second-order valence-corrected chi connectivity index (χ2v) is 7.34. The molecule has 1 aliphatic rings. The van der Waals surface area contributed by atoms with Gasteiger partial charge in [-0.3, -0.25) is 0 Å². The van der Waals surface area contributed by atoms with Crippen molar-refractivity contribution in [2.24, 2.45) is 0 Å². The number of pyridine rings is 1. The molecule has 1 heterocycles. The molecular weight excluding hydrogens is 432 g/mol. The standard InChI is InChI=1S/C22H21ClFN3.2ClH/c23-18-2-1-3-20(10-18)27-22-11-21(16-6-7-16)17(14-26-22)13-25-12-15-4-8-19(24)9-5-15;;/h1-5,8-11,14,16,25H,6-7,12-13H2,(H,26,27);2*1H. The Morgan fingerprint density at radius 2 is 1.76 bits per heavy atom. The van der Waals surface area contributed by atoms with Gasteiger partial charge in [0, 0.05) is 30.0 Å². The first-order valence-electron chi connectivity index (χ1n) is 9.14. The van der Waals surface area contributed by atoms with E-state index in [9.17, 15) is 4.39 Å². The Morgan fingerprint density at radius 1 is 1.00 bits per heavy atom. The van der Waals surface area contributed by atoms with Gasteiger partial charge in [-0.15, -0.1) is 24.8 Å². The van der Waals surface area contributed by atoms with Crippen molar-refractivity contribution in [2.45, 2.75) is 31.8 Å². The fraction of sp³-hybridized carbons (Fsp3) is 0.227. The molecule has 1 aliphatic carbocycles. The van der Waals surface area contributed by atoms with Gasteiger partial charge in [0.05, 0.1) is 0 Å². The number of anilines is 2. The maximum Gasteiger partial charge on any atom is 0.130 e. The molecule has 7 heteroatoms. The lowest BCUT2D eigenvalue weighted by Gasteiger charge is -2.13. The number of rotatable bonds is 7. The number of nitrogens with zero attached hydrogens (tertiary/aromatic N) is 1. The zero-order valence-electron chi connectivity index (χ0n) is 15.7. The summed E-state index contributed by atoms with van der Waals surface area (Å²) in [5, 5.41) is 7.47. The smallest absolute Gasteiger partial charge is 0.130 e. The number of benzene rings is 2. The first-order valence-corrected chi connectivity index (χ1v) is 9.52. The zero-order valence-corrected chi connectivity index (χ0v) is 18.1. The van der Waals surface area contributed by atoms with Gasteiger partial charge in [0.2, 0.25) is 0 Å². The highest BCUT2D eigenvalue weighted by atomic mass is 35.5. The van der Waals surface area contributed by atoms with Crippen molar-refractivity contribution in [3.05, 3.63) is 88.3 Å². The Bertz CT molecular complexity index is 931. The van der Waals surface area contributed by atoms with Gasteiger partial charge < -0.3 is 10.6 Å². The van der Waals surface area contributed by atoms with Crippen LogP contribution in [0, 0.1) is 5.82 Å². The van der Waals surface area contributed by atoms with E-state index in [2.05, 4.69) is 21.7 Å². The summed E-state index contributed by atoms with van der Waals surface area (Å²) in [5.41, 5.74) is 4.56. The summed E-state index contributed by atoms with van der Waals surface area (Å²) < 4.78 is 13.0. The predicted octanol–water partition coefficient (Wildman–Crippen LogP) is 6.63. The zero-order chi connectivity index (χ0) is 18.6. The summed E-state index contributed by atoms with van der Waals surface area (Å²) in [6, 6.07) is 16.4. The summed E-state index contributed by atoms with van der Waals surface area (Å²) in [6.07, 6.45) is 4.40. The van der Waals surface area contributed by atoms with Crippen LogP contribution in [0.15, 0.2) is 60.8 Å². The van der Waals surface area contributed by atoms with Gasteiger partial charge in [0.15, 0.2) is 0 Å². The molecule has 0 radical (unpaired) electrons. The fourth-order valence-electron chi connectivity index (χ4n) is 3.15. The van der Waals surface area contributed by atoms with Crippen LogP contribution in [-0.2, 0) is 13.1 Å². The van der Waals surface area contributed by atoms with Gasteiger partial charge in [-0.05, 0) is 71.8 Å². The third-order valence-electron chi connectivity index (χ3n) is 4.69. The van der Waals surface area contributed by atoms with Crippen LogP contribution in [0.1, 0.15) is 35.4 Å². The van der Waals surface area contributed by atoms with Crippen molar-refractivity contribution in [3.8, 4) is 0 Å². The van der Waals surface area contributed by atoms with E-state index in [0.29, 0.717) is 17.5 Å². The largest absolute Gasteiger partial charge is 0.340 e. The Labute approximate surface area is 187 Å². The molecule has 1 fully saturated rings. The van der Waals surface area contributed by atoms with E-state index < -0.39 is 0 Å². The first-order chi connectivity index (χ1) is 13.2. The van der Waals surface area contributed by atoms with Crippen molar-refractivity contribution >= 4 is 47.9 Å². The molecule has 0 unspecified atom stereocenters. The normalized spacial score (nSPS) is 12.6.